The quantitative estimate of drug-likeness (QED) is 0.418. The second-order valence-electron chi connectivity index (χ2n) is 7.09. The largest absolute Gasteiger partial charge is 0.460 e. The van der Waals surface area contributed by atoms with Crippen LogP contribution in [0, 0.1) is 11.3 Å². The third-order valence-corrected chi connectivity index (χ3v) is 3.94. The van der Waals surface area contributed by atoms with E-state index in [0.29, 0.717) is 0 Å². The average molecular weight is 282 g/mol. The molecule has 0 aliphatic heterocycles. The zero-order valence-corrected chi connectivity index (χ0v) is 13.7. The maximum Gasteiger partial charge on any atom is 0.309 e. The highest BCUT2D eigenvalue weighted by Gasteiger charge is 2.46. The van der Waals surface area contributed by atoms with Gasteiger partial charge in [0.25, 0.3) is 0 Å². The predicted octanol–water partition coefficient (Wildman–Crippen LogP) is 4.12. The van der Waals surface area contributed by atoms with E-state index in [2.05, 4.69) is 20.4 Å². The van der Waals surface area contributed by atoms with E-state index in [0.717, 1.165) is 32.3 Å². The fourth-order valence-corrected chi connectivity index (χ4v) is 2.68. The molecule has 3 nitrogen and oxygen atoms in total. The zero-order valence-electron chi connectivity index (χ0n) is 13.7. The molecule has 1 aliphatic rings. The second kappa shape index (κ2) is 6.75. The van der Waals surface area contributed by atoms with E-state index in [-0.39, 0.29) is 23.4 Å². The number of carbonyl (C=O) groups is 1. The van der Waals surface area contributed by atoms with Gasteiger partial charge in [-0.2, -0.15) is 0 Å². The van der Waals surface area contributed by atoms with Crippen LogP contribution < -0.4 is 0 Å². The minimum Gasteiger partial charge on any atom is -0.460 e. The van der Waals surface area contributed by atoms with Crippen molar-refractivity contribution in [2.24, 2.45) is 11.3 Å². The summed E-state index contributed by atoms with van der Waals surface area (Å²) in [6.07, 6.45) is 5.69. The van der Waals surface area contributed by atoms with Crippen molar-refractivity contribution in [3.8, 4) is 0 Å². The molecule has 0 radical (unpaired) electrons. The molecule has 0 aromatic heterocycles. The van der Waals surface area contributed by atoms with E-state index in [4.69, 9.17) is 9.47 Å². The zero-order chi connectivity index (χ0) is 15.4. The van der Waals surface area contributed by atoms with Crippen LogP contribution in [0.25, 0.3) is 0 Å². The van der Waals surface area contributed by atoms with E-state index in [1.54, 1.807) is 0 Å². The summed E-state index contributed by atoms with van der Waals surface area (Å²) in [4.78, 5) is 12.2. The van der Waals surface area contributed by atoms with Crippen molar-refractivity contribution in [3.63, 3.8) is 0 Å². The van der Waals surface area contributed by atoms with Gasteiger partial charge in [0, 0.05) is 12.0 Å². The lowest BCUT2D eigenvalue weighted by molar-refractivity contribution is -0.160. The van der Waals surface area contributed by atoms with Crippen molar-refractivity contribution >= 4 is 5.97 Å². The first-order chi connectivity index (χ1) is 9.22. The van der Waals surface area contributed by atoms with Crippen molar-refractivity contribution in [2.45, 2.75) is 72.0 Å². The van der Waals surface area contributed by atoms with Crippen molar-refractivity contribution in [1.29, 1.82) is 0 Å². The molecule has 1 rings (SSSR count). The molecule has 0 amide bonds. The highest BCUT2D eigenvalue weighted by molar-refractivity contribution is 5.73. The first kappa shape index (κ1) is 17.2. The molecule has 0 aromatic carbocycles. The molecule has 0 spiro atoms. The molecular weight excluding hydrogens is 252 g/mol. The summed E-state index contributed by atoms with van der Waals surface area (Å²) in [6, 6.07) is 0. The molecule has 0 aromatic rings. The fourth-order valence-electron chi connectivity index (χ4n) is 2.68. The first-order valence-corrected chi connectivity index (χ1v) is 7.70. The van der Waals surface area contributed by atoms with Crippen molar-refractivity contribution in [3.05, 3.63) is 12.7 Å². The SMILES string of the molecule is C=C[C@]1(C)C[C@H](C(=O)OC(C)(C)C)C[C@@H]1OCCCC. The third kappa shape index (κ3) is 4.62. The maximum absolute atomic E-state index is 12.2. The lowest BCUT2D eigenvalue weighted by atomic mass is 9.86. The molecule has 0 heterocycles. The van der Waals surface area contributed by atoms with Gasteiger partial charge in [0.1, 0.15) is 5.60 Å². The van der Waals surface area contributed by atoms with Gasteiger partial charge in [0.2, 0.25) is 0 Å². The van der Waals surface area contributed by atoms with Gasteiger partial charge in [0.05, 0.1) is 12.0 Å². The summed E-state index contributed by atoms with van der Waals surface area (Å²) in [5.41, 5.74) is -0.557. The van der Waals surface area contributed by atoms with Crippen LogP contribution in [0.4, 0.5) is 0 Å². The minimum atomic E-state index is -0.428. The van der Waals surface area contributed by atoms with Gasteiger partial charge in [-0.05, 0) is 40.0 Å². The summed E-state index contributed by atoms with van der Waals surface area (Å²) < 4.78 is 11.5. The summed E-state index contributed by atoms with van der Waals surface area (Å²) >= 11 is 0. The van der Waals surface area contributed by atoms with Crippen LogP contribution in [0.15, 0.2) is 12.7 Å². The second-order valence-corrected chi connectivity index (χ2v) is 7.09. The molecule has 0 N–H and O–H groups in total. The Morgan fingerprint density at radius 3 is 2.60 bits per heavy atom. The third-order valence-electron chi connectivity index (χ3n) is 3.94. The van der Waals surface area contributed by atoms with Crippen molar-refractivity contribution < 1.29 is 14.3 Å². The van der Waals surface area contributed by atoms with Crippen molar-refractivity contribution in [1.82, 2.24) is 0 Å². The van der Waals surface area contributed by atoms with Gasteiger partial charge < -0.3 is 9.47 Å². The van der Waals surface area contributed by atoms with E-state index >= 15 is 0 Å². The summed E-state index contributed by atoms with van der Waals surface area (Å²) in [7, 11) is 0. The van der Waals surface area contributed by atoms with Gasteiger partial charge in [0.15, 0.2) is 0 Å². The van der Waals surface area contributed by atoms with E-state index in [1.165, 1.54) is 0 Å². The Balaban J connectivity index is 2.65. The Morgan fingerprint density at radius 1 is 1.45 bits per heavy atom. The Hall–Kier alpha value is -0.830. The molecule has 0 saturated heterocycles. The lowest BCUT2D eigenvalue weighted by Gasteiger charge is -2.27. The molecular formula is C17H30O3. The van der Waals surface area contributed by atoms with Gasteiger partial charge in [-0.25, -0.2) is 0 Å². The molecule has 0 bridgehead atoms. The smallest absolute Gasteiger partial charge is 0.309 e. The summed E-state index contributed by atoms with van der Waals surface area (Å²) in [5, 5.41) is 0. The minimum absolute atomic E-state index is 0.0732. The Bertz CT molecular complexity index is 343. The van der Waals surface area contributed by atoms with Gasteiger partial charge in [-0.3, -0.25) is 4.79 Å². The van der Waals surface area contributed by atoms with Crippen LogP contribution in [0.5, 0.6) is 0 Å². The topological polar surface area (TPSA) is 35.5 Å². The van der Waals surface area contributed by atoms with Gasteiger partial charge in [-0.15, -0.1) is 6.58 Å². The van der Waals surface area contributed by atoms with E-state index in [1.807, 2.05) is 26.8 Å². The normalized spacial score (nSPS) is 30.2. The van der Waals surface area contributed by atoms with E-state index < -0.39 is 5.60 Å². The van der Waals surface area contributed by atoms with Crippen molar-refractivity contribution in [2.75, 3.05) is 6.61 Å². The van der Waals surface area contributed by atoms with Gasteiger partial charge >= 0.3 is 5.97 Å². The highest BCUT2D eigenvalue weighted by atomic mass is 16.6. The maximum atomic E-state index is 12.2. The monoisotopic (exact) mass is 282 g/mol. The summed E-state index contributed by atoms with van der Waals surface area (Å²) in [5.74, 6) is -0.184. The molecule has 1 fully saturated rings. The number of rotatable bonds is 6. The number of hydrogen-bond donors (Lipinski definition) is 0. The van der Waals surface area contributed by atoms with E-state index in [9.17, 15) is 4.79 Å². The highest BCUT2D eigenvalue weighted by Crippen LogP contribution is 2.45. The molecule has 3 heteroatoms. The number of esters is 1. The number of carbonyl (C=O) groups excluding carboxylic acids is 1. The Morgan fingerprint density at radius 2 is 2.10 bits per heavy atom. The van der Waals surface area contributed by atoms with Crippen LogP contribution in [0.3, 0.4) is 0 Å². The molecule has 1 aliphatic carbocycles. The molecule has 116 valence electrons. The predicted molar refractivity (Wildman–Crippen MR) is 81.5 cm³/mol. The first-order valence-electron chi connectivity index (χ1n) is 7.70. The van der Waals surface area contributed by atoms with Crippen LogP contribution in [-0.2, 0) is 14.3 Å². The Kier molecular flexibility index (Phi) is 5.81. The van der Waals surface area contributed by atoms with Crippen LogP contribution in [0.1, 0.15) is 60.3 Å². The molecule has 20 heavy (non-hydrogen) atoms. The average Bonchev–Trinajstić information content (AvgIpc) is 2.66. The molecule has 1 saturated carbocycles. The van der Waals surface area contributed by atoms with Crippen LogP contribution in [0.2, 0.25) is 0 Å². The van der Waals surface area contributed by atoms with Crippen LogP contribution >= 0.6 is 0 Å². The molecule has 0 unspecified atom stereocenters. The van der Waals surface area contributed by atoms with Crippen LogP contribution in [-0.4, -0.2) is 24.3 Å². The number of ether oxygens (including phenoxy) is 2. The number of unbranched alkanes of at least 4 members (excludes halogenated alkanes) is 1. The summed E-state index contributed by atoms with van der Waals surface area (Å²) in [6.45, 7) is 14.7. The molecule has 3 atom stereocenters. The lowest BCUT2D eigenvalue weighted by Crippen LogP contribution is -2.28. The van der Waals surface area contributed by atoms with Gasteiger partial charge in [-0.1, -0.05) is 26.3 Å². The standard InChI is InChI=1S/C17H30O3/c1-7-9-10-19-14-11-13(12-17(14,6)8-2)15(18)20-16(3,4)5/h8,13-14H,2,7,9-12H2,1,3-6H3/t13-,14+,17-/m1/s1. The Labute approximate surface area is 123 Å². The fraction of sp³-hybridized carbons (Fsp3) is 0.824. The number of hydrogen-bond acceptors (Lipinski definition) is 3.